The van der Waals surface area contributed by atoms with Crippen molar-refractivity contribution < 1.29 is 0 Å². The average Bonchev–Trinajstić information content (AvgIpc) is 2.92. The number of benzene rings is 1. The van der Waals surface area contributed by atoms with Gasteiger partial charge in [-0.05, 0) is 37.8 Å². The second kappa shape index (κ2) is 6.77. The highest BCUT2D eigenvalue weighted by molar-refractivity contribution is 7.99. The number of hydrogen-bond donors (Lipinski definition) is 0. The number of halogens is 2. The average molecular weight is 353 g/mol. The van der Waals surface area contributed by atoms with Crippen molar-refractivity contribution in [3.63, 3.8) is 0 Å². The van der Waals surface area contributed by atoms with Crippen LogP contribution in [-0.4, -0.2) is 9.97 Å². The molecule has 1 heterocycles. The SMILES string of the molecule is Cc1nc(C2CCC(C)C2)cnc1Sc1cccc(Cl)c1Cl. The Bertz CT molecular complexity index is 690. The summed E-state index contributed by atoms with van der Waals surface area (Å²) in [4.78, 5) is 10.3. The van der Waals surface area contributed by atoms with Gasteiger partial charge in [0, 0.05) is 10.8 Å². The van der Waals surface area contributed by atoms with E-state index in [2.05, 4.69) is 11.9 Å². The van der Waals surface area contributed by atoms with Gasteiger partial charge in [0.05, 0.1) is 27.6 Å². The molecule has 0 radical (unpaired) electrons. The molecule has 116 valence electrons. The Kier molecular flexibility index (Phi) is 4.96. The van der Waals surface area contributed by atoms with Crippen LogP contribution in [0.3, 0.4) is 0 Å². The van der Waals surface area contributed by atoms with E-state index in [0.717, 1.165) is 27.2 Å². The summed E-state index contributed by atoms with van der Waals surface area (Å²) in [6.45, 7) is 4.32. The summed E-state index contributed by atoms with van der Waals surface area (Å²) in [5, 5.41) is 2.02. The number of aromatic nitrogens is 2. The van der Waals surface area contributed by atoms with Crippen LogP contribution in [0.25, 0.3) is 0 Å². The van der Waals surface area contributed by atoms with Crippen LogP contribution in [-0.2, 0) is 0 Å². The van der Waals surface area contributed by atoms with Gasteiger partial charge in [-0.2, -0.15) is 0 Å². The van der Waals surface area contributed by atoms with Gasteiger partial charge in [0.2, 0.25) is 0 Å². The Balaban J connectivity index is 1.82. The zero-order valence-electron chi connectivity index (χ0n) is 12.6. The smallest absolute Gasteiger partial charge is 0.122 e. The molecule has 1 saturated carbocycles. The van der Waals surface area contributed by atoms with Crippen molar-refractivity contribution in [1.29, 1.82) is 0 Å². The summed E-state index contributed by atoms with van der Waals surface area (Å²) < 4.78 is 0. The number of aryl methyl sites for hydroxylation is 1. The summed E-state index contributed by atoms with van der Waals surface area (Å²) in [6, 6.07) is 5.64. The van der Waals surface area contributed by atoms with Crippen molar-refractivity contribution >= 4 is 35.0 Å². The van der Waals surface area contributed by atoms with Gasteiger partial charge in [0.1, 0.15) is 5.03 Å². The molecular formula is C17H18Cl2N2S. The second-order valence-electron chi connectivity index (χ2n) is 5.95. The highest BCUT2D eigenvalue weighted by Gasteiger charge is 2.24. The highest BCUT2D eigenvalue weighted by Crippen LogP contribution is 2.39. The van der Waals surface area contributed by atoms with Crippen molar-refractivity contribution in [1.82, 2.24) is 9.97 Å². The molecule has 0 saturated heterocycles. The summed E-state index contributed by atoms with van der Waals surface area (Å²) in [7, 11) is 0. The van der Waals surface area contributed by atoms with Crippen molar-refractivity contribution in [3.8, 4) is 0 Å². The predicted octanol–water partition coefficient (Wildman–Crippen LogP) is 6.15. The first-order valence-corrected chi connectivity index (χ1v) is 9.07. The number of nitrogens with zero attached hydrogens (tertiary/aromatic N) is 2. The third kappa shape index (κ3) is 3.42. The van der Waals surface area contributed by atoms with Crippen LogP contribution in [0.5, 0.6) is 0 Å². The molecule has 2 aromatic rings. The van der Waals surface area contributed by atoms with Crippen LogP contribution in [0.1, 0.15) is 43.5 Å². The van der Waals surface area contributed by atoms with Gasteiger partial charge in [-0.3, -0.25) is 4.98 Å². The van der Waals surface area contributed by atoms with E-state index < -0.39 is 0 Å². The molecule has 0 amide bonds. The van der Waals surface area contributed by atoms with Gasteiger partial charge < -0.3 is 0 Å². The molecule has 2 unspecified atom stereocenters. The lowest BCUT2D eigenvalue weighted by molar-refractivity contribution is 0.589. The van der Waals surface area contributed by atoms with Crippen LogP contribution in [0, 0.1) is 12.8 Å². The van der Waals surface area contributed by atoms with Crippen molar-refractivity contribution in [2.75, 3.05) is 0 Å². The molecule has 5 heteroatoms. The molecule has 1 aromatic carbocycles. The van der Waals surface area contributed by atoms with Crippen LogP contribution >= 0.6 is 35.0 Å². The molecule has 0 aliphatic heterocycles. The predicted molar refractivity (Wildman–Crippen MR) is 93.1 cm³/mol. The van der Waals surface area contributed by atoms with Crippen LogP contribution in [0.4, 0.5) is 0 Å². The largest absolute Gasteiger partial charge is 0.253 e. The van der Waals surface area contributed by atoms with Gasteiger partial charge in [0.15, 0.2) is 0 Å². The summed E-state index contributed by atoms with van der Waals surface area (Å²) in [5.41, 5.74) is 2.08. The standard InChI is InChI=1S/C17H18Cl2N2S/c1-10-6-7-12(8-10)14-9-20-17(11(2)21-14)22-15-5-3-4-13(18)16(15)19/h3-5,9-10,12H,6-8H2,1-2H3. The Labute approximate surface area is 145 Å². The molecular weight excluding hydrogens is 335 g/mol. The Hall–Kier alpha value is -0.770. The maximum atomic E-state index is 6.25. The molecule has 2 nitrogen and oxygen atoms in total. The van der Waals surface area contributed by atoms with Crippen LogP contribution in [0.15, 0.2) is 34.3 Å². The van der Waals surface area contributed by atoms with E-state index in [-0.39, 0.29) is 0 Å². The molecule has 1 fully saturated rings. The van der Waals surface area contributed by atoms with Crippen molar-refractivity contribution in [2.24, 2.45) is 5.92 Å². The summed E-state index contributed by atoms with van der Waals surface area (Å²) in [5.74, 6) is 1.36. The number of rotatable bonds is 3. The molecule has 0 bridgehead atoms. The fraction of sp³-hybridized carbons (Fsp3) is 0.412. The Morgan fingerprint density at radius 2 is 2.05 bits per heavy atom. The van der Waals surface area contributed by atoms with E-state index in [1.165, 1.54) is 31.0 Å². The first-order valence-electron chi connectivity index (χ1n) is 7.50. The van der Waals surface area contributed by atoms with Gasteiger partial charge in [-0.1, -0.05) is 54.4 Å². The molecule has 1 aliphatic carbocycles. The lowest BCUT2D eigenvalue weighted by Gasteiger charge is -2.12. The zero-order valence-corrected chi connectivity index (χ0v) is 15.0. The maximum absolute atomic E-state index is 6.25. The van der Waals surface area contributed by atoms with Crippen LogP contribution < -0.4 is 0 Å². The first-order chi connectivity index (χ1) is 10.5. The van der Waals surface area contributed by atoms with E-state index in [4.69, 9.17) is 28.2 Å². The van der Waals surface area contributed by atoms with Crippen LogP contribution in [0.2, 0.25) is 10.0 Å². The molecule has 3 rings (SSSR count). The van der Waals surface area contributed by atoms with Gasteiger partial charge >= 0.3 is 0 Å². The van der Waals surface area contributed by atoms with Gasteiger partial charge in [0.25, 0.3) is 0 Å². The van der Waals surface area contributed by atoms with Crippen molar-refractivity contribution in [2.45, 2.75) is 48.9 Å². The van der Waals surface area contributed by atoms with E-state index in [9.17, 15) is 0 Å². The minimum atomic E-state index is 0.564. The minimum absolute atomic E-state index is 0.564. The van der Waals surface area contributed by atoms with Gasteiger partial charge in [-0.25, -0.2) is 4.98 Å². The van der Waals surface area contributed by atoms with E-state index in [1.54, 1.807) is 6.07 Å². The third-order valence-electron chi connectivity index (χ3n) is 4.16. The summed E-state index contributed by atoms with van der Waals surface area (Å²) >= 11 is 13.8. The number of hydrogen-bond acceptors (Lipinski definition) is 3. The topological polar surface area (TPSA) is 25.8 Å². The molecule has 0 spiro atoms. The quantitative estimate of drug-likeness (QED) is 0.662. The van der Waals surface area contributed by atoms with E-state index >= 15 is 0 Å². The zero-order chi connectivity index (χ0) is 15.7. The highest BCUT2D eigenvalue weighted by atomic mass is 35.5. The lowest BCUT2D eigenvalue weighted by Crippen LogP contribution is -2.01. The molecule has 2 atom stereocenters. The van der Waals surface area contributed by atoms with Gasteiger partial charge in [-0.15, -0.1) is 0 Å². The summed E-state index contributed by atoms with van der Waals surface area (Å²) in [6.07, 6.45) is 5.67. The first kappa shape index (κ1) is 16.1. The monoisotopic (exact) mass is 352 g/mol. The molecule has 0 N–H and O–H groups in total. The normalized spacial score (nSPS) is 21.3. The van der Waals surface area contributed by atoms with E-state index in [0.29, 0.717) is 16.0 Å². The molecule has 1 aliphatic rings. The fourth-order valence-electron chi connectivity index (χ4n) is 2.93. The molecule has 22 heavy (non-hydrogen) atoms. The lowest BCUT2D eigenvalue weighted by atomic mass is 10.0. The fourth-order valence-corrected chi connectivity index (χ4v) is 4.25. The molecule has 1 aromatic heterocycles. The maximum Gasteiger partial charge on any atom is 0.122 e. The Morgan fingerprint density at radius 3 is 2.73 bits per heavy atom. The van der Waals surface area contributed by atoms with Crippen molar-refractivity contribution in [3.05, 3.63) is 45.8 Å². The second-order valence-corrected chi connectivity index (χ2v) is 7.77. The van der Waals surface area contributed by atoms with E-state index in [1.807, 2.05) is 25.3 Å². The Morgan fingerprint density at radius 1 is 1.23 bits per heavy atom. The third-order valence-corrected chi connectivity index (χ3v) is 6.24. The minimum Gasteiger partial charge on any atom is -0.253 e.